The SMILES string of the molecule is Cc1noc(CCC(=O)NC2C=CC(C(=O)O)C2)n1. The molecule has 1 aliphatic rings. The molecule has 1 heterocycles. The van der Waals surface area contributed by atoms with Gasteiger partial charge in [0.05, 0.1) is 5.92 Å². The van der Waals surface area contributed by atoms with Gasteiger partial charge in [0.25, 0.3) is 0 Å². The second kappa shape index (κ2) is 5.64. The maximum Gasteiger partial charge on any atom is 0.310 e. The van der Waals surface area contributed by atoms with Gasteiger partial charge in [0.1, 0.15) is 0 Å². The van der Waals surface area contributed by atoms with Crippen LogP contribution in [0.5, 0.6) is 0 Å². The van der Waals surface area contributed by atoms with E-state index < -0.39 is 11.9 Å². The Morgan fingerprint density at radius 3 is 2.89 bits per heavy atom. The van der Waals surface area contributed by atoms with Crippen LogP contribution >= 0.6 is 0 Å². The maximum absolute atomic E-state index is 11.7. The van der Waals surface area contributed by atoms with Gasteiger partial charge in [-0.2, -0.15) is 4.98 Å². The average molecular weight is 265 g/mol. The number of rotatable bonds is 5. The fourth-order valence-corrected chi connectivity index (χ4v) is 1.93. The normalized spacial score (nSPS) is 21.5. The largest absolute Gasteiger partial charge is 0.481 e. The summed E-state index contributed by atoms with van der Waals surface area (Å²) < 4.78 is 4.90. The molecule has 2 rings (SSSR count). The molecule has 19 heavy (non-hydrogen) atoms. The molecule has 2 unspecified atom stereocenters. The van der Waals surface area contributed by atoms with Crippen molar-refractivity contribution in [3.63, 3.8) is 0 Å². The van der Waals surface area contributed by atoms with Crippen molar-refractivity contribution >= 4 is 11.9 Å². The zero-order valence-corrected chi connectivity index (χ0v) is 10.5. The van der Waals surface area contributed by atoms with Gasteiger partial charge < -0.3 is 14.9 Å². The molecule has 0 radical (unpaired) electrons. The summed E-state index contributed by atoms with van der Waals surface area (Å²) in [5.41, 5.74) is 0. The predicted molar refractivity (Wildman–Crippen MR) is 64.2 cm³/mol. The van der Waals surface area contributed by atoms with Crippen molar-refractivity contribution in [3.05, 3.63) is 23.9 Å². The van der Waals surface area contributed by atoms with Gasteiger partial charge in [-0.1, -0.05) is 17.3 Å². The number of hydrogen-bond acceptors (Lipinski definition) is 5. The highest BCUT2D eigenvalue weighted by molar-refractivity contribution is 5.77. The summed E-state index contributed by atoms with van der Waals surface area (Å²) in [5, 5.41) is 15.2. The van der Waals surface area contributed by atoms with Crippen LogP contribution in [0, 0.1) is 12.8 Å². The van der Waals surface area contributed by atoms with Crippen molar-refractivity contribution in [2.45, 2.75) is 32.2 Å². The standard InChI is InChI=1S/C12H15N3O4/c1-7-13-11(19-15-7)5-4-10(16)14-9-3-2-8(6-9)12(17)18/h2-3,8-9H,4-6H2,1H3,(H,14,16)(H,17,18). The van der Waals surface area contributed by atoms with Crippen LogP contribution in [-0.4, -0.2) is 33.2 Å². The molecule has 1 aliphatic carbocycles. The monoisotopic (exact) mass is 265 g/mol. The summed E-state index contributed by atoms with van der Waals surface area (Å²) in [6, 6.07) is -0.210. The van der Waals surface area contributed by atoms with Crippen LogP contribution in [-0.2, 0) is 16.0 Å². The van der Waals surface area contributed by atoms with Crippen molar-refractivity contribution in [2.75, 3.05) is 0 Å². The molecule has 0 fully saturated rings. The molecule has 7 nitrogen and oxygen atoms in total. The molecular weight excluding hydrogens is 250 g/mol. The summed E-state index contributed by atoms with van der Waals surface area (Å²) in [5.74, 6) is -0.564. The molecule has 0 spiro atoms. The van der Waals surface area contributed by atoms with E-state index in [9.17, 15) is 9.59 Å². The fourth-order valence-electron chi connectivity index (χ4n) is 1.93. The van der Waals surface area contributed by atoms with Crippen LogP contribution in [0.2, 0.25) is 0 Å². The van der Waals surface area contributed by atoms with E-state index in [1.807, 2.05) is 0 Å². The third-order valence-corrected chi connectivity index (χ3v) is 2.88. The van der Waals surface area contributed by atoms with Crippen molar-refractivity contribution in [3.8, 4) is 0 Å². The minimum Gasteiger partial charge on any atom is -0.481 e. The summed E-state index contributed by atoms with van der Waals surface area (Å²) in [4.78, 5) is 26.4. The molecule has 7 heteroatoms. The molecule has 0 saturated heterocycles. The van der Waals surface area contributed by atoms with Gasteiger partial charge in [0, 0.05) is 18.9 Å². The zero-order valence-electron chi connectivity index (χ0n) is 10.5. The van der Waals surface area contributed by atoms with Crippen molar-refractivity contribution in [1.82, 2.24) is 15.5 Å². The average Bonchev–Trinajstić information content (AvgIpc) is 2.96. The van der Waals surface area contributed by atoms with E-state index in [4.69, 9.17) is 9.63 Å². The third kappa shape index (κ3) is 3.64. The van der Waals surface area contributed by atoms with E-state index in [1.54, 1.807) is 19.1 Å². The minimum atomic E-state index is -0.866. The molecule has 0 aromatic carbocycles. The number of hydrogen-bond donors (Lipinski definition) is 2. The topological polar surface area (TPSA) is 105 Å². The van der Waals surface area contributed by atoms with Gasteiger partial charge >= 0.3 is 5.97 Å². The summed E-state index contributed by atoms with van der Waals surface area (Å²) in [7, 11) is 0. The fraction of sp³-hybridized carbons (Fsp3) is 0.500. The van der Waals surface area contributed by atoms with Crippen LogP contribution in [0.1, 0.15) is 24.6 Å². The molecule has 1 aromatic rings. The van der Waals surface area contributed by atoms with Gasteiger partial charge in [0.15, 0.2) is 5.82 Å². The number of amides is 1. The number of aromatic nitrogens is 2. The van der Waals surface area contributed by atoms with E-state index in [0.717, 1.165) is 0 Å². The molecule has 1 amide bonds. The van der Waals surface area contributed by atoms with Crippen molar-refractivity contribution < 1.29 is 19.2 Å². The Kier molecular flexibility index (Phi) is 3.94. The quantitative estimate of drug-likeness (QED) is 0.749. The number of nitrogens with zero attached hydrogens (tertiary/aromatic N) is 2. The van der Waals surface area contributed by atoms with E-state index in [1.165, 1.54) is 0 Å². The molecular formula is C12H15N3O4. The van der Waals surface area contributed by atoms with Crippen molar-refractivity contribution in [2.24, 2.45) is 5.92 Å². The second-order valence-corrected chi connectivity index (χ2v) is 4.47. The second-order valence-electron chi connectivity index (χ2n) is 4.47. The lowest BCUT2D eigenvalue weighted by Gasteiger charge is -2.11. The highest BCUT2D eigenvalue weighted by atomic mass is 16.5. The van der Waals surface area contributed by atoms with Gasteiger partial charge in [0.2, 0.25) is 11.8 Å². The Balaban J connectivity index is 1.74. The van der Waals surface area contributed by atoms with Crippen LogP contribution in [0.15, 0.2) is 16.7 Å². The van der Waals surface area contributed by atoms with E-state index in [-0.39, 0.29) is 18.4 Å². The van der Waals surface area contributed by atoms with E-state index in [0.29, 0.717) is 24.6 Å². The van der Waals surface area contributed by atoms with Crippen LogP contribution in [0.4, 0.5) is 0 Å². The molecule has 102 valence electrons. The minimum absolute atomic E-state index is 0.156. The van der Waals surface area contributed by atoms with Gasteiger partial charge in [-0.15, -0.1) is 0 Å². The molecule has 2 N–H and O–H groups in total. The first kappa shape index (κ1) is 13.3. The Bertz CT molecular complexity index is 509. The Labute approximate surface area is 109 Å². The first-order valence-electron chi connectivity index (χ1n) is 6.04. The van der Waals surface area contributed by atoms with Crippen LogP contribution in [0.3, 0.4) is 0 Å². The lowest BCUT2D eigenvalue weighted by molar-refractivity contribution is -0.140. The highest BCUT2D eigenvalue weighted by Gasteiger charge is 2.25. The van der Waals surface area contributed by atoms with Crippen LogP contribution in [0.25, 0.3) is 0 Å². The molecule has 2 atom stereocenters. The zero-order chi connectivity index (χ0) is 13.8. The van der Waals surface area contributed by atoms with Gasteiger partial charge in [-0.05, 0) is 13.3 Å². The maximum atomic E-state index is 11.7. The number of carbonyl (C=O) groups excluding carboxylic acids is 1. The lowest BCUT2D eigenvalue weighted by Crippen LogP contribution is -2.33. The third-order valence-electron chi connectivity index (χ3n) is 2.88. The van der Waals surface area contributed by atoms with Crippen LogP contribution < -0.4 is 5.32 Å². The van der Waals surface area contributed by atoms with Crippen molar-refractivity contribution in [1.29, 1.82) is 0 Å². The Morgan fingerprint density at radius 2 is 2.32 bits per heavy atom. The smallest absolute Gasteiger partial charge is 0.310 e. The lowest BCUT2D eigenvalue weighted by atomic mass is 10.1. The highest BCUT2D eigenvalue weighted by Crippen LogP contribution is 2.18. The number of carbonyl (C=O) groups is 2. The predicted octanol–water partition coefficient (Wildman–Crippen LogP) is 0.456. The summed E-state index contributed by atoms with van der Waals surface area (Å²) >= 11 is 0. The molecule has 0 aliphatic heterocycles. The first-order valence-corrected chi connectivity index (χ1v) is 6.04. The number of aliphatic carboxylic acids is 1. The number of nitrogens with one attached hydrogen (secondary N) is 1. The molecule has 0 bridgehead atoms. The van der Waals surface area contributed by atoms with E-state index >= 15 is 0 Å². The van der Waals surface area contributed by atoms with Gasteiger partial charge in [-0.25, -0.2) is 0 Å². The number of carboxylic acids is 1. The van der Waals surface area contributed by atoms with E-state index in [2.05, 4.69) is 15.5 Å². The molecule has 0 saturated carbocycles. The number of carboxylic acid groups (broad SMARTS) is 1. The van der Waals surface area contributed by atoms with Gasteiger partial charge in [-0.3, -0.25) is 9.59 Å². The summed E-state index contributed by atoms with van der Waals surface area (Å²) in [6.45, 7) is 1.71. The Hall–Kier alpha value is -2.18. The summed E-state index contributed by atoms with van der Waals surface area (Å²) in [6.07, 6.45) is 4.35. The Morgan fingerprint density at radius 1 is 1.53 bits per heavy atom. The molecule has 1 aromatic heterocycles. The first-order chi connectivity index (χ1) is 9.04. The number of aryl methyl sites for hydroxylation is 2.